The number of fused-ring (bicyclic) bond motifs is 2. The van der Waals surface area contributed by atoms with Crippen molar-refractivity contribution in [3.63, 3.8) is 0 Å². The van der Waals surface area contributed by atoms with E-state index in [9.17, 15) is 9.59 Å². The molecule has 2 saturated carbocycles. The molecule has 2 aliphatic rings. The molecule has 2 aromatic rings. The van der Waals surface area contributed by atoms with Crippen LogP contribution in [0.2, 0.25) is 0 Å². The average Bonchev–Trinajstić information content (AvgIpc) is 3.28. The van der Waals surface area contributed by atoms with Crippen LogP contribution in [0.3, 0.4) is 0 Å². The molecular weight excluding hydrogens is 302 g/mol. The Bertz CT molecular complexity index is 843. The Labute approximate surface area is 141 Å². The standard InChI is InChI=1S/C19H23N3O2/c1-11(2)22-19(24)15-10-6-5-9-14(15)17(21-22)18(23)20-16-12-7-3-4-8-13(12)16/h5-6,9-13,16H,3-4,7-8H2,1-2H3,(H,20,23)/t12-,13-/m0/s1. The first-order chi connectivity index (χ1) is 11.6. The molecule has 126 valence electrons. The zero-order valence-corrected chi connectivity index (χ0v) is 14.2. The zero-order valence-electron chi connectivity index (χ0n) is 14.2. The number of hydrogen-bond acceptors (Lipinski definition) is 3. The molecule has 0 unspecified atom stereocenters. The lowest BCUT2D eigenvalue weighted by molar-refractivity contribution is 0.0941. The van der Waals surface area contributed by atoms with E-state index in [2.05, 4.69) is 10.4 Å². The third-order valence-corrected chi connectivity index (χ3v) is 5.49. The Morgan fingerprint density at radius 1 is 1.17 bits per heavy atom. The molecule has 1 N–H and O–H groups in total. The number of carbonyl (C=O) groups is 1. The van der Waals surface area contributed by atoms with E-state index in [1.807, 2.05) is 32.0 Å². The van der Waals surface area contributed by atoms with E-state index in [0.29, 0.717) is 34.3 Å². The van der Waals surface area contributed by atoms with Gasteiger partial charge in [-0.05, 0) is 44.6 Å². The van der Waals surface area contributed by atoms with Crippen molar-refractivity contribution in [3.05, 3.63) is 40.3 Å². The predicted molar refractivity (Wildman–Crippen MR) is 93.1 cm³/mol. The third-order valence-electron chi connectivity index (χ3n) is 5.49. The molecule has 1 aromatic heterocycles. The van der Waals surface area contributed by atoms with Crippen molar-refractivity contribution in [1.29, 1.82) is 0 Å². The summed E-state index contributed by atoms with van der Waals surface area (Å²) < 4.78 is 1.41. The average molecular weight is 325 g/mol. The van der Waals surface area contributed by atoms with Gasteiger partial charge in [-0.2, -0.15) is 5.10 Å². The van der Waals surface area contributed by atoms with Crippen LogP contribution in [0.5, 0.6) is 0 Å². The summed E-state index contributed by atoms with van der Waals surface area (Å²) in [5.74, 6) is 1.13. The fourth-order valence-electron chi connectivity index (χ4n) is 4.15. The van der Waals surface area contributed by atoms with Gasteiger partial charge < -0.3 is 5.32 Å². The monoisotopic (exact) mass is 325 g/mol. The highest BCUT2D eigenvalue weighted by atomic mass is 16.2. The number of hydrogen-bond donors (Lipinski definition) is 1. The maximum atomic E-state index is 12.8. The summed E-state index contributed by atoms with van der Waals surface area (Å²) in [6.45, 7) is 3.81. The van der Waals surface area contributed by atoms with Gasteiger partial charge in [0, 0.05) is 11.4 Å². The van der Waals surface area contributed by atoms with E-state index in [1.165, 1.54) is 30.4 Å². The summed E-state index contributed by atoms with van der Waals surface area (Å²) in [6.07, 6.45) is 4.98. The molecule has 0 spiro atoms. The van der Waals surface area contributed by atoms with Crippen molar-refractivity contribution < 1.29 is 4.79 Å². The molecule has 5 heteroatoms. The van der Waals surface area contributed by atoms with Gasteiger partial charge in [-0.1, -0.05) is 31.0 Å². The van der Waals surface area contributed by atoms with E-state index in [1.54, 1.807) is 6.07 Å². The Morgan fingerprint density at radius 2 is 1.79 bits per heavy atom. The number of carbonyl (C=O) groups excluding carboxylic acids is 1. The van der Waals surface area contributed by atoms with E-state index in [0.717, 1.165) is 0 Å². The summed E-state index contributed by atoms with van der Waals surface area (Å²) >= 11 is 0. The number of nitrogens with zero attached hydrogens (tertiary/aromatic N) is 2. The topological polar surface area (TPSA) is 64.0 Å². The minimum atomic E-state index is -0.153. The Morgan fingerprint density at radius 3 is 2.42 bits per heavy atom. The van der Waals surface area contributed by atoms with E-state index in [-0.39, 0.29) is 17.5 Å². The van der Waals surface area contributed by atoms with Crippen molar-refractivity contribution in [2.24, 2.45) is 11.8 Å². The summed E-state index contributed by atoms with van der Waals surface area (Å²) in [5, 5.41) is 8.76. The number of benzene rings is 1. The fraction of sp³-hybridized carbons (Fsp3) is 0.526. The van der Waals surface area contributed by atoms with Crippen molar-refractivity contribution in [3.8, 4) is 0 Å². The van der Waals surface area contributed by atoms with Crippen LogP contribution in [0.1, 0.15) is 56.1 Å². The molecule has 0 radical (unpaired) electrons. The summed E-state index contributed by atoms with van der Waals surface area (Å²) in [6, 6.07) is 7.45. The Kier molecular flexibility index (Phi) is 3.66. The van der Waals surface area contributed by atoms with Gasteiger partial charge in [-0.3, -0.25) is 9.59 Å². The second-order valence-electron chi connectivity index (χ2n) is 7.35. The first-order valence-corrected chi connectivity index (χ1v) is 8.90. The lowest BCUT2D eigenvalue weighted by Gasteiger charge is -2.13. The largest absolute Gasteiger partial charge is 0.347 e. The quantitative estimate of drug-likeness (QED) is 0.944. The van der Waals surface area contributed by atoms with Gasteiger partial charge in [0.15, 0.2) is 5.69 Å². The number of rotatable bonds is 3. The second-order valence-corrected chi connectivity index (χ2v) is 7.35. The summed E-state index contributed by atoms with van der Waals surface area (Å²) in [5.41, 5.74) is 0.222. The highest BCUT2D eigenvalue weighted by molar-refractivity contribution is 6.05. The SMILES string of the molecule is CC(C)n1nc(C(=O)NC2[C@H]3CCCC[C@H]23)c2ccccc2c1=O. The molecule has 0 bridgehead atoms. The maximum absolute atomic E-state index is 12.8. The lowest BCUT2D eigenvalue weighted by atomic mass is 10.0. The maximum Gasteiger partial charge on any atom is 0.274 e. The first-order valence-electron chi connectivity index (χ1n) is 8.90. The van der Waals surface area contributed by atoms with E-state index in [4.69, 9.17) is 0 Å². The predicted octanol–water partition coefficient (Wildman–Crippen LogP) is 2.90. The van der Waals surface area contributed by atoms with Gasteiger partial charge in [0.25, 0.3) is 11.5 Å². The first kappa shape index (κ1) is 15.4. The molecule has 0 saturated heterocycles. The third kappa shape index (κ3) is 2.43. The molecule has 2 atom stereocenters. The van der Waals surface area contributed by atoms with Gasteiger partial charge in [0.05, 0.1) is 11.4 Å². The van der Waals surface area contributed by atoms with E-state index >= 15 is 0 Å². The number of amides is 1. The normalized spacial score (nSPS) is 25.5. The second kappa shape index (κ2) is 5.72. The van der Waals surface area contributed by atoms with Crippen molar-refractivity contribution in [2.75, 3.05) is 0 Å². The van der Waals surface area contributed by atoms with Crippen LogP contribution in [0.25, 0.3) is 10.8 Å². The van der Waals surface area contributed by atoms with Gasteiger partial charge in [0.2, 0.25) is 0 Å². The molecule has 1 aromatic carbocycles. The van der Waals surface area contributed by atoms with Crippen LogP contribution in [0, 0.1) is 11.8 Å². The van der Waals surface area contributed by atoms with E-state index < -0.39 is 0 Å². The molecule has 2 fully saturated rings. The van der Waals surface area contributed by atoms with Gasteiger partial charge in [0.1, 0.15) is 0 Å². The highest BCUT2D eigenvalue weighted by Gasteiger charge is 2.51. The lowest BCUT2D eigenvalue weighted by Crippen LogP contribution is -2.33. The van der Waals surface area contributed by atoms with Crippen LogP contribution in [-0.2, 0) is 0 Å². The van der Waals surface area contributed by atoms with Crippen LogP contribution in [-0.4, -0.2) is 21.7 Å². The number of nitrogens with one attached hydrogen (secondary N) is 1. The molecule has 1 heterocycles. The zero-order chi connectivity index (χ0) is 16.8. The fourth-order valence-corrected chi connectivity index (χ4v) is 4.15. The van der Waals surface area contributed by atoms with Crippen LogP contribution in [0.15, 0.2) is 29.1 Å². The van der Waals surface area contributed by atoms with Crippen LogP contribution >= 0.6 is 0 Å². The molecule has 2 aliphatic carbocycles. The van der Waals surface area contributed by atoms with Crippen LogP contribution < -0.4 is 10.9 Å². The molecule has 4 rings (SSSR count). The molecule has 0 aliphatic heterocycles. The van der Waals surface area contributed by atoms with Gasteiger partial charge in [-0.15, -0.1) is 0 Å². The van der Waals surface area contributed by atoms with Crippen LogP contribution in [0.4, 0.5) is 0 Å². The molecule has 24 heavy (non-hydrogen) atoms. The number of aromatic nitrogens is 2. The summed E-state index contributed by atoms with van der Waals surface area (Å²) in [7, 11) is 0. The van der Waals surface area contributed by atoms with Gasteiger partial charge >= 0.3 is 0 Å². The van der Waals surface area contributed by atoms with Crippen molar-refractivity contribution in [1.82, 2.24) is 15.1 Å². The highest BCUT2D eigenvalue weighted by Crippen LogP contribution is 2.49. The summed E-state index contributed by atoms with van der Waals surface area (Å²) in [4.78, 5) is 25.4. The molecular formula is C19H23N3O2. The van der Waals surface area contributed by atoms with Gasteiger partial charge in [-0.25, -0.2) is 4.68 Å². The Balaban J connectivity index is 1.71. The van der Waals surface area contributed by atoms with Crippen molar-refractivity contribution >= 4 is 16.7 Å². The minimum absolute atomic E-state index is 0.0860. The Hall–Kier alpha value is -2.17. The minimum Gasteiger partial charge on any atom is -0.347 e. The van der Waals surface area contributed by atoms with Crippen molar-refractivity contribution in [2.45, 2.75) is 51.6 Å². The molecule has 1 amide bonds. The molecule has 5 nitrogen and oxygen atoms in total. The smallest absolute Gasteiger partial charge is 0.274 e.